The van der Waals surface area contributed by atoms with E-state index >= 15 is 0 Å². The third-order valence-electron chi connectivity index (χ3n) is 5.05. The van der Waals surface area contributed by atoms with Gasteiger partial charge in [-0.1, -0.05) is 12.8 Å². The first-order valence-corrected chi connectivity index (χ1v) is 8.67. The van der Waals surface area contributed by atoms with Crippen molar-refractivity contribution in [1.82, 2.24) is 29.9 Å². The van der Waals surface area contributed by atoms with Crippen LogP contribution in [-0.2, 0) is 20.0 Å². The topological polar surface area (TPSA) is 89.7 Å². The molecule has 1 aliphatic carbocycles. The van der Waals surface area contributed by atoms with Crippen LogP contribution in [0.5, 0.6) is 0 Å². The summed E-state index contributed by atoms with van der Waals surface area (Å²) >= 11 is 0. The van der Waals surface area contributed by atoms with Crippen LogP contribution >= 0.6 is 0 Å². The number of carbonyl (C=O) groups excluding carboxylic acids is 1. The molecule has 1 unspecified atom stereocenters. The number of amides is 2. The average Bonchev–Trinajstić information content (AvgIpc) is 3.28. The van der Waals surface area contributed by atoms with Gasteiger partial charge in [-0.25, -0.2) is 14.5 Å². The largest absolute Gasteiger partial charge is 0.333 e. The Balaban J connectivity index is 1.36. The van der Waals surface area contributed by atoms with Gasteiger partial charge in [-0.3, -0.25) is 10.00 Å². The number of carbonyl (C=O) groups is 1. The Hall–Kier alpha value is -2.38. The number of urea groups is 1. The van der Waals surface area contributed by atoms with Crippen molar-refractivity contribution in [2.75, 3.05) is 5.32 Å². The minimum atomic E-state index is -0.190. The Labute approximate surface area is 140 Å². The molecule has 3 heterocycles. The molecule has 2 N–H and O–H groups in total. The van der Waals surface area contributed by atoms with Crippen LogP contribution in [0.15, 0.2) is 12.4 Å². The molecule has 2 aromatic heterocycles. The van der Waals surface area contributed by atoms with E-state index in [4.69, 9.17) is 0 Å². The van der Waals surface area contributed by atoms with E-state index in [2.05, 4.69) is 25.8 Å². The summed E-state index contributed by atoms with van der Waals surface area (Å²) in [6.07, 6.45) is 8.23. The molecule has 8 heteroatoms. The van der Waals surface area contributed by atoms with E-state index in [1.165, 1.54) is 25.7 Å². The van der Waals surface area contributed by atoms with E-state index in [1.807, 2.05) is 17.8 Å². The van der Waals surface area contributed by atoms with Crippen molar-refractivity contribution in [3.8, 4) is 0 Å². The highest BCUT2D eigenvalue weighted by atomic mass is 16.2. The second-order valence-corrected chi connectivity index (χ2v) is 6.75. The third kappa shape index (κ3) is 3.00. The predicted octanol–water partition coefficient (Wildman–Crippen LogP) is 1.81. The fourth-order valence-electron chi connectivity index (χ4n) is 3.72. The zero-order valence-electron chi connectivity index (χ0n) is 13.9. The summed E-state index contributed by atoms with van der Waals surface area (Å²) in [4.78, 5) is 16.5. The number of nitrogens with zero attached hydrogens (tertiary/aromatic N) is 5. The van der Waals surface area contributed by atoms with Crippen molar-refractivity contribution in [2.24, 2.45) is 7.05 Å². The highest BCUT2D eigenvalue weighted by molar-refractivity contribution is 5.88. The lowest BCUT2D eigenvalue weighted by atomic mass is 10.0. The summed E-state index contributed by atoms with van der Waals surface area (Å²) in [7, 11) is 1.87. The Bertz CT molecular complexity index is 729. The fraction of sp³-hybridized carbons (Fsp3) is 0.625. The van der Waals surface area contributed by atoms with Gasteiger partial charge >= 0.3 is 6.03 Å². The SMILES string of the molecule is Cn1nc(C2CCCC2)cc1NC(=O)NC1CCc2ncnn2C1. The molecule has 1 saturated carbocycles. The van der Waals surface area contributed by atoms with Gasteiger partial charge in [0.2, 0.25) is 0 Å². The molecule has 128 valence electrons. The lowest BCUT2D eigenvalue weighted by Gasteiger charge is -2.23. The summed E-state index contributed by atoms with van der Waals surface area (Å²) in [6.45, 7) is 0.668. The Kier molecular flexibility index (Phi) is 3.95. The predicted molar refractivity (Wildman–Crippen MR) is 88.7 cm³/mol. The molecule has 24 heavy (non-hydrogen) atoms. The number of rotatable bonds is 3. The summed E-state index contributed by atoms with van der Waals surface area (Å²) in [5.41, 5.74) is 1.09. The first kappa shape index (κ1) is 15.2. The maximum Gasteiger partial charge on any atom is 0.320 e. The maximum atomic E-state index is 12.3. The normalized spacial score (nSPS) is 20.8. The van der Waals surface area contributed by atoms with Crippen molar-refractivity contribution in [1.29, 1.82) is 0 Å². The van der Waals surface area contributed by atoms with Crippen LogP contribution in [-0.4, -0.2) is 36.6 Å². The van der Waals surface area contributed by atoms with Gasteiger partial charge in [-0.2, -0.15) is 10.2 Å². The Morgan fingerprint density at radius 1 is 1.29 bits per heavy atom. The van der Waals surface area contributed by atoms with E-state index in [1.54, 1.807) is 11.0 Å². The molecule has 8 nitrogen and oxygen atoms in total. The smallest absolute Gasteiger partial charge is 0.320 e. The second kappa shape index (κ2) is 6.26. The van der Waals surface area contributed by atoms with Gasteiger partial charge in [0.25, 0.3) is 0 Å². The van der Waals surface area contributed by atoms with Crippen LogP contribution < -0.4 is 10.6 Å². The molecule has 2 aromatic rings. The molecular formula is C16H23N7O. The first-order chi connectivity index (χ1) is 11.7. The number of hydrogen-bond acceptors (Lipinski definition) is 4. The van der Waals surface area contributed by atoms with Gasteiger partial charge in [-0.15, -0.1) is 0 Å². The van der Waals surface area contributed by atoms with Crippen molar-refractivity contribution >= 4 is 11.8 Å². The minimum Gasteiger partial charge on any atom is -0.333 e. The van der Waals surface area contributed by atoms with Crippen molar-refractivity contribution < 1.29 is 4.79 Å². The van der Waals surface area contributed by atoms with Crippen LogP contribution in [0.3, 0.4) is 0 Å². The lowest BCUT2D eigenvalue weighted by Crippen LogP contribution is -2.43. The van der Waals surface area contributed by atoms with Gasteiger partial charge in [-0.05, 0) is 19.3 Å². The summed E-state index contributed by atoms with van der Waals surface area (Å²) in [5.74, 6) is 2.27. The monoisotopic (exact) mass is 329 g/mol. The van der Waals surface area contributed by atoms with Gasteiger partial charge in [0, 0.05) is 25.5 Å². The lowest BCUT2D eigenvalue weighted by molar-refractivity contribution is 0.243. The van der Waals surface area contributed by atoms with Gasteiger partial charge in [0.1, 0.15) is 18.0 Å². The molecule has 2 aliphatic rings. The van der Waals surface area contributed by atoms with Crippen LogP contribution in [0, 0.1) is 0 Å². The third-order valence-corrected chi connectivity index (χ3v) is 5.05. The molecular weight excluding hydrogens is 306 g/mol. The number of aryl methyl sites for hydroxylation is 2. The van der Waals surface area contributed by atoms with Crippen LogP contribution in [0.1, 0.15) is 49.5 Å². The molecule has 1 atom stereocenters. The van der Waals surface area contributed by atoms with Crippen molar-refractivity contribution in [2.45, 2.75) is 57.0 Å². The molecule has 1 aliphatic heterocycles. The number of fused-ring (bicyclic) bond motifs is 1. The van der Waals surface area contributed by atoms with E-state index in [0.29, 0.717) is 12.5 Å². The molecule has 0 spiro atoms. The van der Waals surface area contributed by atoms with Crippen molar-refractivity contribution in [3.05, 3.63) is 23.9 Å². The standard InChI is InChI=1S/C16H23N7O/c1-22-15(8-13(21-22)11-4-2-3-5-11)20-16(24)19-12-6-7-14-17-10-18-23(14)9-12/h8,10-12H,2-7,9H2,1H3,(H2,19,20,24). The zero-order valence-corrected chi connectivity index (χ0v) is 13.9. The Morgan fingerprint density at radius 3 is 2.96 bits per heavy atom. The summed E-state index contributed by atoms with van der Waals surface area (Å²) in [6, 6.07) is 1.89. The highest BCUT2D eigenvalue weighted by Crippen LogP contribution is 2.34. The number of aromatic nitrogens is 5. The molecule has 0 radical (unpaired) electrons. The van der Waals surface area contributed by atoms with Crippen LogP contribution in [0.25, 0.3) is 0 Å². The fourth-order valence-corrected chi connectivity index (χ4v) is 3.72. The highest BCUT2D eigenvalue weighted by Gasteiger charge is 2.23. The van der Waals surface area contributed by atoms with Gasteiger partial charge < -0.3 is 5.32 Å². The quantitative estimate of drug-likeness (QED) is 0.898. The minimum absolute atomic E-state index is 0.0710. The second-order valence-electron chi connectivity index (χ2n) is 6.75. The van der Waals surface area contributed by atoms with E-state index in [0.717, 1.165) is 30.2 Å². The van der Waals surface area contributed by atoms with E-state index in [9.17, 15) is 4.79 Å². The van der Waals surface area contributed by atoms with Crippen LogP contribution in [0.4, 0.5) is 10.6 Å². The maximum absolute atomic E-state index is 12.3. The number of hydrogen-bond donors (Lipinski definition) is 2. The average molecular weight is 329 g/mol. The number of anilines is 1. The molecule has 1 fully saturated rings. The van der Waals surface area contributed by atoms with Gasteiger partial charge in [0.05, 0.1) is 18.3 Å². The molecule has 0 saturated heterocycles. The molecule has 0 bridgehead atoms. The summed E-state index contributed by atoms with van der Waals surface area (Å²) in [5, 5.41) is 14.7. The van der Waals surface area contributed by atoms with Gasteiger partial charge in [0.15, 0.2) is 0 Å². The number of nitrogens with one attached hydrogen (secondary N) is 2. The first-order valence-electron chi connectivity index (χ1n) is 8.67. The van der Waals surface area contributed by atoms with Crippen LogP contribution in [0.2, 0.25) is 0 Å². The summed E-state index contributed by atoms with van der Waals surface area (Å²) < 4.78 is 3.61. The molecule has 2 amide bonds. The van der Waals surface area contributed by atoms with E-state index in [-0.39, 0.29) is 12.1 Å². The molecule has 4 rings (SSSR count). The zero-order chi connectivity index (χ0) is 16.5. The van der Waals surface area contributed by atoms with E-state index < -0.39 is 0 Å². The Morgan fingerprint density at radius 2 is 2.12 bits per heavy atom. The van der Waals surface area contributed by atoms with Crippen molar-refractivity contribution in [3.63, 3.8) is 0 Å². The molecule has 0 aromatic carbocycles.